The number of allylic oxidation sites excluding steroid dienone is 2. The molecule has 0 aliphatic heterocycles. The maximum atomic E-state index is 8.66. The van der Waals surface area contributed by atoms with Crippen LogP contribution < -0.4 is 0 Å². The molecule has 0 saturated carbocycles. The van der Waals surface area contributed by atoms with Gasteiger partial charge in [-0.15, -0.1) is 0 Å². The molecule has 0 bridgehead atoms. The maximum Gasteiger partial charge on any atom is 0.120 e. The number of aromatic nitrogens is 1. The Balaban J connectivity index is 0.000000791. The van der Waals surface area contributed by atoms with Gasteiger partial charge in [-0.2, -0.15) is 5.26 Å². The molecule has 0 atom stereocenters. The Bertz CT molecular complexity index is 364. The standard InChI is InChI=1S/C10H10N2.C2H6/c1-4-8(2)9-5-10(6-11)12(3)7-9;1-2/h4-5,7H,1-2H2,3H3;1-2H3. The van der Waals surface area contributed by atoms with Crippen molar-refractivity contribution in [1.82, 2.24) is 4.57 Å². The van der Waals surface area contributed by atoms with Gasteiger partial charge in [0.2, 0.25) is 0 Å². The minimum absolute atomic E-state index is 0.632. The van der Waals surface area contributed by atoms with Crippen LogP contribution in [-0.4, -0.2) is 4.57 Å². The second-order valence-corrected chi connectivity index (χ2v) is 2.57. The van der Waals surface area contributed by atoms with Crippen molar-refractivity contribution in [3.8, 4) is 6.07 Å². The van der Waals surface area contributed by atoms with E-state index in [9.17, 15) is 0 Å². The molecular formula is C12H16N2. The lowest BCUT2D eigenvalue weighted by Gasteiger charge is -1.91. The van der Waals surface area contributed by atoms with Gasteiger partial charge in [0, 0.05) is 18.8 Å². The zero-order valence-corrected chi connectivity index (χ0v) is 9.04. The first-order valence-electron chi connectivity index (χ1n) is 4.57. The first-order chi connectivity index (χ1) is 6.69. The van der Waals surface area contributed by atoms with Crippen molar-refractivity contribution in [3.05, 3.63) is 42.8 Å². The summed E-state index contributed by atoms with van der Waals surface area (Å²) in [5, 5.41) is 8.66. The van der Waals surface area contributed by atoms with Crippen LogP contribution in [0.3, 0.4) is 0 Å². The summed E-state index contributed by atoms with van der Waals surface area (Å²) >= 11 is 0. The summed E-state index contributed by atoms with van der Waals surface area (Å²) in [4.78, 5) is 0. The average Bonchev–Trinajstić information content (AvgIpc) is 2.61. The molecule has 0 aliphatic carbocycles. The van der Waals surface area contributed by atoms with E-state index in [0.717, 1.165) is 11.1 Å². The fourth-order valence-electron chi connectivity index (χ4n) is 0.969. The average molecular weight is 188 g/mol. The monoisotopic (exact) mass is 188 g/mol. The highest BCUT2D eigenvalue weighted by molar-refractivity contribution is 5.71. The smallest absolute Gasteiger partial charge is 0.120 e. The highest BCUT2D eigenvalue weighted by Gasteiger charge is 2.02. The van der Waals surface area contributed by atoms with E-state index in [2.05, 4.69) is 19.2 Å². The third-order valence-electron chi connectivity index (χ3n) is 1.74. The summed E-state index contributed by atoms with van der Waals surface area (Å²) in [5.41, 5.74) is 2.42. The molecule has 0 amide bonds. The largest absolute Gasteiger partial charge is 0.342 e. The molecule has 1 aromatic heterocycles. The van der Waals surface area contributed by atoms with E-state index in [1.165, 1.54) is 0 Å². The van der Waals surface area contributed by atoms with Gasteiger partial charge < -0.3 is 4.57 Å². The van der Waals surface area contributed by atoms with Crippen LogP contribution in [0.2, 0.25) is 0 Å². The van der Waals surface area contributed by atoms with Crippen LogP contribution in [0, 0.1) is 11.3 Å². The Morgan fingerprint density at radius 3 is 2.50 bits per heavy atom. The number of rotatable bonds is 2. The van der Waals surface area contributed by atoms with Crippen LogP contribution in [0.25, 0.3) is 5.57 Å². The molecule has 0 saturated heterocycles. The lowest BCUT2D eigenvalue weighted by molar-refractivity contribution is 0.907. The summed E-state index contributed by atoms with van der Waals surface area (Å²) in [5.74, 6) is 0. The summed E-state index contributed by atoms with van der Waals surface area (Å²) in [6.45, 7) is 11.4. The number of nitriles is 1. The zero-order valence-electron chi connectivity index (χ0n) is 9.04. The molecule has 0 N–H and O–H groups in total. The first-order valence-corrected chi connectivity index (χ1v) is 4.57. The second kappa shape index (κ2) is 5.82. The van der Waals surface area contributed by atoms with Crippen LogP contribution in [0.1, 0.15) is 25.1 Å². The molecular weight excluding hydrogens is 172 g/mol. The molecule has 0 aliphatic rings. The molecule has 2 nitrogen and oxygen atoms in total. The Labute approximate surface area is 85.8 Å². The predicted octanol–water partition coefficient (Wildman–Crippen LogP) is 3.12. The summed E-state index contributed by atoms with van der Waals surface area (Å²) in [7, 11) is 1.83. The minimum atomic E-state index is 0.632. The number of nitrogens with zero attached hydrogens (tertiary/aromatic N) is 2. The lowest BCUT2D eigenvalue weighted by atomic mass is 10.1. The molecule has 1 aromatic rings. The van der Waals surface area contributed by atoms with Gasteiger partial charge in [0.25, 0.3) is 0 Å². The van der Waals surface area contributed by atoms with E-state index in [0.29, 0.717) is 5.69 Å². The SMILES string of the molecule is C=CC(=C)c1cc(C#N)n(C)c1.CC. The van der Waals surface area contributed by atoms with Crippen molar-refractivity contribution in [2.75, 3.05) is 0 Å². The maximum absolute atomic E-state index is 8.66. The Morgan fingerprint density at radius 2 is 2.14 bits per heavy atom. The van der Waals surface area contributed by atoms with Gasteiger partial charge in [-0.1, -0.05) is 33.1 Å². The van der Waals surface area contributed by atoms with E-state index < -0.39 is 0 Å². The quantitative estimate of drug-likeness (QED) is 0.655. The fourth-order valence-corrected chi connectivity index (χ4v) is 0.969. The zero-order chi connectivity index (χ0) is 11.1. The van der Waals surface area contributed by atoms with Crippen molar-refractivity contribution >= 4 is 5.57 Å². The first kappa shape index (κ1) is 12.2. The molecule has 74 valence electrons. The fraction of sp³-hybridized carbons (Fsp3) is 0.250. The molecule has 0 radical (unpaired) electrons. The van der Waals surface area contributed by atoms with Crippen LogP contribution in [-0.2, 0) is 7.05 Å². The molecule has 0 aromatic carbocycles. The number of aryl methyl sites for hydroxylation is 1. The molecule has 2 heteroatoms. The topological polar surface area (TPSA) is 28.7 Å². The van der Waals surface area contributed by atoms with Crippen molar-refractivity contribution < 1.29 is 0 Å². The van der Waals surface area contributed by atoms with Crippen molar-refractivity contribution in [3.63, 3.8) is 0 Å². The van der Waals surface area contributed by atoms with Crippen LogP contribution >= 0.6 is 0 Å². The van der Waals surface area contributed by atoms with Gasteiger partial charge in [0.05, 0.1) is 0 Å². The molecule has 1 heterocycles. The molecule has 14 heavy (non-hydrogen) atoms. The minimum Gasteiger partial charge on any atom is -0.342 e. The van der Waals surface area contributed by atoms with Crippen LogP contribution in [0.4, 0.5) is 0 Å². The summed E-state index contributed by atoms with van der Waals surface area (Å²) in [6.07, 6.45) is 3.54. The Morgan fingerprint density at radius 1 is 1.57 bits per heavy atom. The second-order valence-electron chi connectivity index (χ2n) is 2.57. The predicted molar refractivity (Wildman–Crippen MR) is 60.7 cm³/mol. The molecule has 1 rings (SSSR count). The van der Waals surface area contributed by atoms with E-state index in [1.807, 2.05) is 27.1 Å². The van der Waals surface area contributed by atoms with E-state index in [1.54, 1.807) is 16.7 Å². The van der Waals surface area contributed by atoms with Gasteiger partial charge in [-0.25, -0.2) is 0 Å². The highest BCUT2D eigenvalue weighted by Crippen LogP contribution is 2.15. The van der Waals surface area contributed by atoms with Crippen molar-refractivity contribution in [1.29, 1.82) is 5.26 Å². The Hall–Kier alpha value is -1.75. The summed E-state index contributed by atoms with van der Waals surface area (Å²) in [6, 6.07) is 3.88. The number of hydrogen-bond donors (Lipinski definition) is 0. The van der Waals surface area contributed by atoms with Crippen molar-refractivity contribution in [2.24, 2.45) is 7.05 Å². The van der Waals surface area contributed by atoms with Crippen LogP contribution in [0.15, 0.2) is 31.5 Å². The highest BCUT2D eigenvalue weighted by atomic mass is 14.9. The van der Waals surface area contributed by atoms with Gasteiger partial charge in [-0.05, 0) is 11.6 Å². The van der Waals surface area contributed by atoms with Gasteiger partial charge >= 0.3 is 0 Å². The van der Waals surface area contributed by atoms with E-state index in [-0.39, 0.29) is 0 Å². The summed E-state index contributed by atoms with van der Waals surface area (Å²) < 4.78 is 1.77. The third-order valence-corrected chi connectivity index (χ3v) is 1.74. The lowest BCUT2D eigenvalue weighted by Crippen LogP contribution is -1.86. The van der Waals surface area contributed by atoms with Gasteiger partial charge in [-0.3, -0.25) is 0 Å². The number of hydrogen-bond acceptors (Lipinski definition) is 1. The Kier molecular flexibility index (Phi) is 5.09. The van der Waals surface area contributed by atoms with Crippen molar-refractivity contribution in [2.45, 2.75) is 13.8 Å². The van der Waals surface area contributed by atoms with Crippen LogP contribution in [0.5, 0.6) is 0 Å². The molecule has 0 unspecified atom stereocenters. The molecule has 0 spiro atoms. The van der Waals surface area contributed by atoms with E-state index in [4.69, 9.17) is 5.26 Å². The molecule has 0 fully saturated rings. The van der Waals surface area contributed by atoms with Gasteiger partial charge in [0.1, 0.15) is 11.8 Å². The normalized spacial score (nSPS) is 8.14. The van der Waals surface area contributed by atoms with Gasteiger partial charge in [0.15, 0.2) is 0 Å². The third kappa shape index (κ3) is 2.63. The van der Waals surface area contributed by atoms with E-state index >= 15 is 0 Å².